The van der Waals surface area contributed by atoms with Crippen LogP contribution < -0.4 is 0 Å². The summed E-state index contributed by atoms with van der Waals surface area (Å²) >= 11 is 0. The van der Waals surface area contributed by atoms with E-state index in [4.69, 9.17) is 0 Å². The summed E-state index contributed by atoms with van der Waals surface area (Å²) in [4.78, 5) is 4.57. The second kappa shape index (κ2) is 8.72. The van der Waals surface area contributed by atoms with E-state index < -0.39 is 0 Å². The highest BCUT2D eigenvalue weighted by Gasteiger charge is 1.94. The lowest BCUT2D eigenvalue weighted by Crippen LogP contribution is -2.14. The lowest BCUT2D eigenvalue weighted by atomic mass is 10.4. The van der Waals surface area contributed by atoms with Crippen molar-refractivity contribution in [1.29, 1.82) is 0 Å². The van der Waals surface area contributed by atoms with Crippen molar-refractivity contribution in [3.63, 3.8) is 0 Å². The SMILES string of the molecule is CN(C)CCC[SiH2]CCCN(C)C. The Morgan fingerprint density at radius 2 is 1.15 bits per heavy atom. The van der Waals surface area contributed by atoms with Gasteiger partial charge in [0.1, 0.15) is 0 Å². The maximum absolute atomic E-state index is 2.29. The van der Waals surface area contributed by atoms with Crippen molar-refractivity contribution >= 4 is 9.52 Å². The third-order valence-corrected chi connectivity index (χ3v) is 4.21. The summed E-state index contributed by atoms with van der Waals surface area (Å²) < 4.78 is 0. The fourth-order valence-electron chi connectivity index (χ4n) is 1.39. The minimum absolute atomic E-state index is 0.272. The standard InChI is InChI=1S/C10H26N2Si/c1-11(2)7-5-9-13-10-6-8-12(3)4/h5-10,13H2,1-4H3. The van der Waals surface area contributed by atoms with Gasteiger partial charge in [0.25, 0.3) is 0 Å². The van der Waals surface area contributed by atoms with E-state index in [9.17, 15) is 0 Å². The lowest BCUT2D eigenvalue weighted by Gasteiger charge is -2.09. The molecular weight excluding hydrogens is 176 g/mol. The van der Waals surface area contributed by atoms with Gasteiger partial charge >= 0.3 is 0 Å². The van der Waals surface area contributed by atoms with Gasteiger partial charge in [-0.2, -0.15) is 0 Å². The van der Waals surface area contributed by atoms with Gasteiger partial charge in [-0.1, -0.05) is 12.1 Å². The largest absolute Gasteiger partial charge is 0.309 e. The smallest absolute Gasteiger partial charge is 0.0198 e. The maximum atomic E-state index is 2.29. The summed E-state index contributed by atoms with van der Waals surface area (Å²) in [5.41, 5.74) is 0. The molecule has 0 aliphatic rings. The molecule has 13 heavy (non-hydrogen) atoms. The molecule has 0 aliphatic heterocycles. The van der Waals surface area contributed by atoms with Crippen LogP contribution in [-0.4, -0.2) is 60.6 Å². The molecule has 2 nitrogen and oxygen atoms in total. The molecule has 0 radical (unpaired) electrons. The van der Waals surface area contributed by atoms with Crippen molar-refractivity contribution in [1.82, 2.24) is 9.80 Å². The van der Waals surface area contributed by atoms with Crippen molar-refractivity contribution in [2.45, 2.75) is 24.9 Å². The highest BCUT2D eigenvalue weighted by molar-refractivity contribution is 6.35. The van der Waals surface area contributed by atoms with Crippen molar-refractivity contribution in [2.24, 2.45) is 0 Å². The van der Waals surface area contributed by atoms with Crippen molar-refractivity contribution < 1.29 is 0 Å². The Hall–Kier alpha value is 0.137. The van der Waals surface area contributed by atoms with Crippen LogP contribution in [0.1, 0.15) is 12.8 Å². The molecule has 80 valence electrons. The predicted octanol–water partition coefficient (Wildman–Crippen LogP) is 0.895. The molecular formula is C10H26N2Si. The average molecular weight is 202 g/mol. The van der Waals surface area contributed by atoms with Gasteiger partial charge in [-0.15, -0.1) is 0 Å². The Morgan fingerprint density at radius 3 is 1.46 bits per heavy atom. The third-order valence-electron chi connectivity index (χ3n) is 2.21. The van der Waals surface area contributed by atoms with E-state index in [1.807, 2.05) is 0 Å². The van der Waals surface area contributed by atoms with E-state index >= 15 is 0 Å². The molecule has 0 aromatic rings. The Kier molecular flexibility index (Phi) is 8.81. The second-order valence-corrected chi connectivity index (χ2v) is 6.50. The van der Waals surface area contributed by atoms with Gasteiger partial charge in [0, 0.05) is 9.52 Å². The van der Waals surface area contributed by atoms with Gasteiger partial charge in [-0.25, -0.2) is 0 Å². The van der Waals surface area contributed by atoms with Crippen LogP contribution in [0.25, 0.3) is 0 Å². The number of hydrogen-bond donors (Lipinski definition) is 0. The first-order valence-electron chi connectivity index (χ1n) is 5.42. The first-order valence-corrected chi connectivity index (χ1v) is 7.42. The van der Waals surface area contributed by atoms with E-state index in [2.05, 4.69) is 38.0 Å². The third kappa shape index (κ3) is 12.1. The van der Waals surface area contributed by atoms with Crippen LogP contribution in [0, 0.1) is 0 Å². The summed E-state index contributed by atoms with van der Waals surface area (Å²) in [5.74, 6) is 0. The summed E-state index contributed by atoms with van der Waals surface area (Å²) in [6.45, 7) is 2.56. The molecule has 0 amide bonds. The molecule has 0 saturated heterocycles. The Bertz CT molecular complexity index is 93.1. The highest BCUT2D eigenvalue weighted by atomic mass is 28.2. The first-order chi connectivity index (χ1) is 6.13. The summed E-state index contributed by atoms with van der Waals surface area (Å²) in [7, 11) is 8.91. The second-order valence-electron chi connectivity index (χ2n) is 4.37. The zero-order chi connectivity index (χ0) is 10.1. The Labute approximate surface area is 86.1 Å². The van der Waals surface area contributed by atoms with E-state index in [0.29, 0.717) is 0 Å². The minimum atomic E-state index is 0.272. The predicted molar refractivity (Wildman–Crippen MR) is 64.5 cm³/mol. The van der Waals surface area contributed by atoms with E-state index in [-0.39, 0.29) is 9.52 Å². The van der Waals surface area contributed by atoms with Crippen LogP contribution in [-0.2, 0) is 0 Å². The van der Waals surface area contributed by atoms with Crippen LogP contribution in [0.2, 0.25) is 12.1 Å². The molecule has 3 heteroatoms. The molecule has 0 saturated carbocycles. The van der Waals surface area contributed by atoms with E-state index in [1.165, 1.54) is 38.0 Å². The van der Waals surface area contributed by atoms with E-state index in [1.54, 1.807) is 0 Å². The molecule has 0 aliphatic carbocycles. The van der Waals surface area contributed by atoms with Crippen LogP contribution in [0.3, 0.4) is 0 Å². The average Bonchev–Trinajstić information content (AvgIpc) is 2.01. The van der Waals surface area contributed by atoms with Crippen LogP contribution >= 0.6 is 0 Å². The normalized spacial score (nSPS) is 11.5. The topological polar surface area (TPSA) is 6.48 Å². The molecule has 0 N–H and O–H groups in total. The highest BCUT2D eigenvalue weighted by Crippen LogP contribution is 1.97. The van der Waals surface area contributed by atoms with Crippen molar-refractivity contribution in [2.75, 3.05) is 41.3 Å². The first kappa shape index (κ1) is 13.1. The monoisotopic (exact) mass is 202 g/mol. The van der Waals surface area contributed by atoms with Gasteiger partial charge in [-0.05, 0) is 54.1 Å². The molecule has 0 atom stereocenters. The zero-order valence-corrected chi connectivity index (χ0v) is 11.3. The lowest BCUT2D eigenvalue weighted by molar-refractivity contribution is 0.405. The number of rotatable bonds is 8. The molecule has 0 aromatic carbocycles. The van der Waals surface area contributed by atoms with Gasteiger partial charge < -0.3 is 9.80 Å². The van der Waals surface area contributed by atoms with Gasteiger partial charge in [-0.3, -0.25) is 0 Å². The molecule has 0 rings (SSSR count). The van der Waals surface area contributed by atoms with E-state index in [0.717, 1.165) is 0 Å². The summed E-state index contributed by atoms with van der Waals surface area (Å²) in [6, 6.07) is 3.07. The van der Waals surface area contributed by atoms with Crippen LogP contribution in [0.15, 0.2) is 0 Å². The molecule has 0 aromatic heterocycles. The van der Waals surface area contributed by atoms with Gasteiger partial charge in [0.05, 0.1) is 0 Å². The quantitative estimate of drug-likeness (QED) is 0.426. The summed E-state index contributed by atoms with van der Waals surface area (Å²) in [6.07, 6.45) is 2.84. The number of nitrogens with zero attached hydrogens (tertiary/aromatic N) is 2. The fraction of sp³-hybridized carbons (Fsp3) is 1.00. The van der Waals surface area contributed by atoms with Crippen LogP contribution in [0.5, 0.6) is 0 Å². The Morgan fingerprint density at radius 1 is 0.769 bits per heavy atom. The fourth-order valence-corrected chi connectivity index (χ4v) is 2.89. The number of hydrogen-bond acceptors (Lipinski definition) is 2. The molecule has 0 bridgehead atoms. The van der Waals surface area contributed by atoms with Crippen molar-refractivity contribution in [3.05, 3.63) is 0 Å². The zero-order valence-electron chi connectivity index (χ0n) is 9.84. The molecule has 0 spiro atoms. The molecule has 0 fully saturated rings. The molecule has 0 heterocycles. The van der Waals surface area contributed by atoms with Crippen LogP contribution in [0.4, 0.5) is 0 Å². The summed E-state index contributed by atoms with van der Waals surface area (Å²) in [5, 5.41) is 0. The van der Waals surface area contributed by atoms with Crippen molar-refractivity contribution in [3.8, 4) is 0 Å². The Balaban J connectivity index is 2.92. The minimum Gasteiger partial charge on any atom is -0.309 e. The van der Waals surface area contributed by atoms with Gasteiger partial charge in [0.2, 0.25) is 0 Å². The van der Waals surface area contributed by atoms with Gasteiger partial charge in [0.15, 0.2) is 0 Å². The maximum Gasteiger partial charge on any atom is 0.0198 e. The molecule has 0 unspecified atom stereocenters.